The van der Waals surface area contributed by atoms with Gasteiger partial charge in [-0.3, -0.25) is 0 Å². The van der Waals surface area contributed by atoms with Gasteiger partial charge in [0.25, 0.3) is 0 Å². The molecule has 0 aliphatic heterocycles. The van der Waals surface area contributed by atoms with E-state index in [0.29, 0.717) is 11.5 Å². The first-order valence-corrected chi connectivity index (χ1v) is 6.62. The standard InChI is InChI=1S/C15H18FNO2/c1-17-14(15(18-2)9-3-4-9)13-8-10-7-11(16)5-6-12(10)19-13/h5-9,14-15,17H,3-4H2,1-2H3. The molecule has 4 heteroatoms. The molecule has 2 atom stereocenters. The van der Waals surface area contributed by atoms with Crippen LogP contribution in [0.5, 0.6) is 0 Å². The maximum atomic E-state index is 13.2. The Morgan fingerprint density at radius 3 is 2.79 bits per heavy atom. The molecule has 0 bridgehead atoms. The maximum absolute atomic E-state index is 13.2. The van der Waals surface area contributed by atoms with E-state index in [-0.39, 0.29) is 18.0 Å². The topological polar surface area (TPSA) is 34.4 Å². The van der Waals surface area contributed by atoms with Crippen molar-refractivity contribution >= 4 is 11.0 Å². The third kappa shape index (κ3) is 2.38. The summed E-state index contributed by atoms with van der Waals surface area (Å²) in [7, 11) is 3.63. The number of methoxy groups -OCH3 is 1. The normalized spacial score (nSPS) is 18.7. The van der Waals surface area contributed by atoms with Gasteiger partial charge in [-0.15, -0.1) is 0 Å². The largest absolute Gasteiger partial charge is 0.459 e. The lowest BCUT2D eigenvalue weighted by Crippen LogP contribution is -2.32. The van der Waals surface area contributed by atoms with Crippen LogP contribution in [0.15, 0.2) is 28.7 Å². The van der Waals surface area contributed by atoms with Crippen LogP contribution in [0.2, 0.25) is 0 Å². The molecule has 1 aromatic heterocycles. The molecule has 3 nitrogen and oxygen atoms in total. The van der Waals surface area contributed by atoms with Gasteiger partial charge >= 0.3 is 0 Å². The number of rotatable bonds is 5. The van der Waals surface area contributed by atoms with E-state index in [0.717, 1.165) is 11.1 Å². The van der Waals surface area contributed by atoms with Crippen LogP contribution in [0.25, 0.3) is 11.0 Å². The molecule has 2 aromatic rings. The van der Waals surface area contributed by atoms with Crippen molar-refractivity contribution in [2.75, 3.05) is 14.2 Å². The second kappa shape index (κ2) is 4.94. The summed E-state index contributed by atoms with van der Waals surface area (Å²) >= 11 is 0. The number of fused-ring (bicyclic) bond motifs is 1. The van der Waals surface area contributed by atoms with Gasteiger partial charge in [-0.2, -0.15) is 0 Å². The van der Waals surface area contributed by atoms with Crippen LogP contribution in [0.1, 0.15) is 24.6 Å². The van der Waals surface area contributed by atoms with Crippen LogP contribution in [0.4, 0.5) is 4.39 Å². The number of halogens is 1. The molecule has 3 rings (SSSR count). The van der Waals surface area contributed by atoms with Crippen molar-refractivity contribution in [2.45, 2.75) is 25.0 Å². The summed E-state index contributed by atoms with van der Waals surface area (Å²) < 4.78 is 24.6. The summed E-state index contributed by atoms with van der Waals surface area (Å²) in [5, 5.41) is 4.05. The Balaban J connectivity index is 1.95. The molecule has 0 radical (unpaired) electrons. The molecule has 19 heavy (non-hydrogen) atoms. The van der Waals surface area contributed by atoms with Crippen LogP contribution in [0, 0.1) is 11.7 Å². The van der Waals surface area contributed by atoms with Crippen molar-refractivity contribution < 1.29 is 13.5 Å². The molecule has 1 heterocycles. The smallest absolute Gasteiger partial charge is 0.134 e. The molecular weight excluding hydrogens is 245 g/mol. The quantitative estimate of drug-likeness (QED) is 0.899. The number of ether oxygens (including phenoxy) is 1. The maximum Gasteiger partial charge on any atom is 0.134 e. The zero-order valence-corrected chi connectivity index (χ0v) is 11.2. The summed E-state index contributed by atoms with van der Waals surface area (Å²) in [6.45, 7) is 0. The van der Waals surface area contributed by atoms with Crippen molar-refractivity contribution in [3.63, 3.8) is 0 Å². The first-order valence-electron chi connectivity index (χ1n) is 6.62. The molecule has 0 amide bonds. The van der Waals surface area contributed by atoms with E-state index < -0.39 is 0 Å². The van der Waals surface area contributed by atoms with E-state index in [1.165, 1.54) is 25.0 Å². The molecule has 1 aliphatic carbocycles. The second-order valence-corrected chi connectivity index (χ2v) is 5.14. The molecule has 0 spiro atoms. The molecular formula is C15H18FNO2. The van der Waals surface area contributed by atoms with Gasteiger partial charge in [0.15, 0.2) is 0 Å². The van der Waals surface area contributed by atoms with Crippen molar-refractivity contribution in [3.8, 4) is 0 Å². The minimum Gasteiger partial charge on any atom is -0.459 e. The zero-order chi connectivity index (χ0) is 13.4. The molecule has 1 fully saturated rings. The summed E-state index contributed by atoms with van der Waals surface area (Å²) in [6, 6.07) is 6.48. The lowest BCUT2D eigenvalue weighted by atomic mass is 10.0. The van der Waals surface area contributed by atoms with Gasteiger partial charge in [-0.1, -0.05) is 0 Å². The monoisotopic (exact) mass is 263 g/mol. The molecule has 1 N–H and O–H groups in total. The minimum atomic E-state index is -0.244. The highest BCUT2D eigenvalue weighted by molar-refractivity contribution is 5.78. The first-order chi connectivity index (χ1) is 9.22. The lowest BCUT2D eigenvalue weighted by molar-refractivity contribution is 0.0469. The Morgan fingerprint density at radius 2 is 2.16 bits per heavy atom. The third-order valence-corrected chi connectivity index (χ3v) is 3.80. The fraction of sp³-hybridized carbons (Fsp3) is 0.467. The van der Waals surface area contributed by atoms with Gasteiger partial charge in [0.05, 0.1) is 12.1 Å². The average molecular weight is 263 g/mol. The Morgan fingerprint density at radius 1 is 1.37 bits per heavy atom. The van der Waals surface area contributed by atoms with Gasteiger partial charge in [-0.25, -0.2) is 4.39 Å². The molecule has 1 aliphatic rings. The SMILES string of the molecule is CNC(c1cc2cc(F)ccc2o1)C(OC)C1CC1. The average Bonchev–Trinajstić information content (AvgIpc) is 3.15. The van der Waals surface area contributed by atoms with E-state index in [1.54, 1.807) is 13.2 Å². The highest BCUT2D eigenvalue weighted by Crippen LogP contribution is 2.40. The Labute approximate surface area is 111 Å². The molecule has 2 unspecified atom stereocenters. The van der Waals surface area contributed by atoms with E-state index in [1.807, 2.05) is 13.1 Å². The minimum absolute atomic E-state index is 0.00737. The third-order valence-electron chi connectivity index (χ3n) is 3.80. The summed E-state index contributed by atoms with van der Waals surface area (Å²) in [6.07, 6.45) is 2.51. The van der Waals surface area contributed by atoms with Gasteiger partial charge in [0.1, 0.15) is 17.2 Å². The number of benzene rings is 1. The number of hydrogen-bond acceptors (Lipinski definition) is 3. The molecule has 102 valence electrons. The molecule has 1 aromatic carbocycles. The molecule has 0 saturated heterocycles. The van der Waals surface area contributed by atoms with Crippen molar-refractivity contribution in [3.05, 3.63) is 35.8 Å². The highest BCUT2D eigenvalue weighted by Gasteiger charge is 2.38. The number of likely N-dealkylation sites (N-methyl/N-ethyl adjacent to an activating group) is 1. The van der Waals surface area contributed by atoms with E-state index in [2.05, 4.69) is 5.32 Å². The predicted molar refractivity (Wildman–Crippen MR) is 71.5 cm³/mol. The van der Waals surface area contributed by atoms with Gasteiger partial charge in [0, 0.05) is 12.5 Å². The number of nitrogens with one attached hydrogen (secondary N) is 1. The Hall–Kier alpha value is -1.39. The predicted octanol–water partition coefficient (Wildman–Crippen LogP) is 3.26. The van der Waals surface area contributed by atoms with E-state index in [9.17, 15) is 4.39 Å². The fourth-order valence-electron chi connectivity index (χ4n) is 2.68. The Kier molecular flexibility index (Phi) is 3.29. The zero-order valence-electron chi connectivity index (χ0n) is 11.2. The van der Waals surface area contributed by atoms with Crippen LogP contribution >= 0.6 is 0 Å². The van der Waals surface area contributed by atoms with E-state index >= 15 is 0 Å². The van der Waals surface area contributed by atoms with Crippen molar-refractivity contribution in [1.82, 2.24) is 5.32 Å². The number of furan rings is 1. The summed E-state index contributed by atoms with van der Waals surface area (Å²) in [5.74, 6) is 1.15. The second-order valence-electron chi connectivity index (χ2n) is 5.14. The lowest BCUT2D eigenvalue weighted by Gasteiger charge is -2.23. The van der Waals surface area contributed by atoms with Gasteiger partial charge in [0.2, 0.25) is 0 Å². The van der Waals surface area contributed by atoms with E-state index in [4.69, 9.17) is 9.15 Å². The van der Waals surface area contributed by atoms with Crippen molar-refractivity contribution in [1.29, 1.82) is 0 Å². The summed E-state index contributed by atoms with van der Waals surface area (Å²) in [4.78, 5) is 0. The fourth-order valence-corrected chi connectivity index (χ4v) is 2.68. The molecule has 1 saturated carbocycles. The highest BCUT2D eigenvalue weighted by atomic mass is 19.1. The first kappa shape index (κ1) is 12.6. The van der Waals surface area contributed by atoms with Crippen LogP contribution in [-0.4, -0.2) is 20.3 Å². The van der Waals surface area contributed by atoms with Crippen molar-refractivity contribution in [2.24, 2.45) is 5.92 Å². The van der Waals surface area contributed by atoms with Crippen LogP contribution < -0.4 is 5.32 Å². The van der Waals surface area contributed by atoms with Gasteiger partial charge in [-0.05, 0) is 50.1 Å². The van der Waals surface area contributed by atoms with Gasteiger partial charge < -0.3 is 14.5 Å². The van der Waals surface area contributed by atoms with Crippen LogP contribution in [0.3, 0.4) is 0 Å². The summed E-state index contributed by atoms with van der Waals surface area (Å²) in [5.41, 5.74) is 0.710. The Bertz CT molecular complexity index is 577. The van der Waals surface area contributed by atoms with Crippen LogP contribution in [-0.2, 0) is 4.74 Å². The number of hydrogen-bond donors (Lipinski definition) is 1.